The summed E-state index contributed by atoms with van der Waals surface area (Å²) in [7, 11) is 0. The lowest BCUT2D eigenvalue weighted by Gasteiger charge is -2.20. The molecule has 1 atom stereocenters. The molecule has 0 aromatic heterocycles. The van der Waals surface area contributed by atoms with Gasteiger partial charge in [0, 0.05) is 5.56 Å². The Bertz CT molecular complexity index is 639. The molecule has 2 aromatic carbocycles. The van der Waals surface area contributed by atoms with Crippen molar-refractivity contribution in [3.8, 4) is 0 Å². The molecule has 0 aliphatic rings. The number of aryl methyl sites for hydroxylation is 4. The smallest absolute Gasteiger partial charge is 0.128 e. The Morgan fingerprint density at radius 1 is 0.800 bits per heavy atom. The number of hydrogen-bond acceptors (Lipinski definition) is 1. The molecule has 0 saturated heterocycles. The molecule has 2 rings (SSSR count). The summed E-state index contributed by atoms with van der Waals surface area (Å²) < 4.78 is 27.7. The van der Waals surface area contributed by atoms with Crippen LogP contribution in [-0.2, 0) is 0 Å². The van der Waals surface area contributed by atoms with E-state index in [2.05, 4.69) is 0 Å². The van der Waals surface area contributed by atoms with Crippen LogP contribution in [0, 0.1) is 39.3 Å². The molecule has 0 aliphatic carbocycles. The Hall–Kier alpha value is -1.74. The van der Waals surface area contributed by atoms with Crippen LogP contribution in [0.2, 0.25) is 0 Å². The van der Waals surface area contributed by atoms with E-state index >= 15 is 0 Å². The third-order valence-electron chi connectivity index (χ3n) is 3.66. The zero-order chi connectivity index (χ0) is 15.0. The van der Waals surface area contributed by atoms with Gasteiger partial charge < -0.3 is 5.73 Å². The topological polar surface area (TPSA) is 26.0 Å². The van der Waals surface area contributed by atoms with E-state index in [1.807, 2.05) is 32.9 Å². The summed E-state index contributed by atoms with van der Waals surface area (Å²) in [5.74, 6) is -0.893. The van der Waals surface area contributed by atoms with Crippen molar-refractivity contribution in [3.05, 3.63) is 69.3 Å². The van der Waals surface area contributed by atoms with Crippen molar-refractivity contribution in [1.82, 2.24) is 0 Å². The Morgan fingerprint density at radius 3 is 1.90 bits per heavy atom. The lowest BCUT2D eigenvalue weighted by atomic mass is 9.90. The Labute approximate surface area is 118 Å². The van der Waals surface area contributed by atoms with Crippen molar-refractivity contribution < 1.29 is 8.78 Å². The van der Waals surface area contributed by atoms with Crippen molar-refractivity contribution in [2.45, 2.75) is 33.7 Å². The predicted octanol–water partition coefficient (Wildman–Crippen LogP) is 4.25. The minimum atomic E-state index is -0.661. The van der Waals surface area contributed by atoms with Crippen LogP contribution >= 0.6 is 0 Å². The van der Waals surface area contributed by atoms with Crippen LogP contribution in [0.4, 0.5) is 8.78 Å². The van der Waals surface area contributed by atoms with E-state index in [1.54, 1.807) is 0 Å². The molecule has 2 N–H and O–H groups in total. The van der Waals surface area contributed by atoms with Crippen molar-refractivity contribution in [2.75, 3.05) is 0 Å². The summed E-state index contributed by atoms with van der Waals surface area (Å²) in [4.78, 5) is 0. The zero-order valence-electron chi connectivity index (χ0n) is 12.2. The number of hydrogen-bond donors (Lipinski definition) is 1. The summed E-state index contributed by atoms with van der Waals surface area (Å²) in [5, 5.41) is 0. The second-order valence-electron chi connectivity index (χ2n) is 5.41. The number of benzene rings is 2. The van der Waals surface area contributed by atoms with Gasteiger partial charge in [0.1, 0.15) is 11.6 Å². The summed E-state index contributed by atoms with van der Waals surface area (Å²) in [6.07, 6.45) is 0. The van der Waals surface area contributed by atoms with E-state index in [9.17, 15) is 8.78 Å². The highest BCUT2D eigenvalue weighted by molar-refractivity contribution is 5.44. The Balaban J connectivity index is 2.57. The molecule has 1 nitrogen and oxygen atoms in total. The maximum Gasteiger partial charge on any atom is 0.128 e. The van der Waals surface area contributed by atoms with Gasteiger partial charge in [-0.2, -0.15) is 0 Å². The molecule has 106 valence electrons. The Morgan fingerprint density at radius 2 is 1.35 bits per heavy atom. The molecular formula is C17H19F2N. The molecular weight excluding hydrogens is 256 g/mol. The molecule has 1 unspecified atom stereocenters. The van der Waals surface area contributed by atoms with E-state index in [1.165, 1.54) is 19.1 Å². The number of nitrogens with two attached hydrogens (primary N) is 1. The van der Waals surface area contributed by atoms with Crippen LogP contribution in [0.15, 0.2) is 24.3 Å². The average molecular weight is 275 g/mol. The second-order valence-corrected chi connectivity index (χ2v) is 5.41. The fourth-order valence-corrected chi connectivity index (χ4v) is 2.74. The lowest BCUT2D eigenvalue weighted by Crippen LogP contribution is -2.17. The van der Waals surface area contributed by atoms with Gasteiger partial charge in [-0.05, 0) is 62.1 Å². The van der Waals surface area contributed by atoms with Crippen LogP contribution in [-0.4, -0.2) is 0 Å². The lowest BCUT2D eigenvalue weighted by molar-refractivity contribution is 0.570. The molecule has 0 saturated carbocycles. The maximum atomic E-state index is 14.1. The summed E-state index contributed by atoms with van der Waals surface area (Å²) in [6, 6.07) is 5.75. The minimum absolute atomic E-state index is 0.197. The van der Waals surface area contributed by atoms with Gasteiger partial charge in [-0.3, -0.25) is 0 Å². The monoisotopic (exact) mass is 275 g/mol. The quantitative estimate of drug-likeness (QED) is 0.871. The molecule has 0 bridgehead atoms. The highest BCUT2D eigenvalue weighted by atomic mass is 19.1. The van der Waals surface area contributed by atoms with Gasteiger partial charge in [-0.25, -0.2) is 8.78 Å². The first-order valence-corrected chi connectivity index (χ1v) is 6.60. The standard InChI is InChI=1S/C17H19F2N/c1-9-5-11(3)16(12(4)6-9)17(20)13-8-14(18)10(2)7-15(13)19/h5-8,17H,20H2,1-4H3. The van der Waals surface area contributed by atoms with Crippen molar-refractivity contribution in [3.63, 3.8) is 0 Å². The first-order valence-electron chi connectivity index (χ1n) is 6.60. The van der Waals surface area contributed by atoms with E-state index in [0.29, 0.717) is 0 Å². The maximum absolute atomic E-state index is 14.1. The van der Waals surface area contributed by atoms with Crippen LogP contribution in [0.5, 0.6) is 0 Å². The number of halogens is 2. The molecule has 0 aliphatic heterocycles. The molecule has 0 heterocycles. The van der Waals surface area contributed by atoms with Gasteiger partial charge in [0.2, 0.25) is 0 Å². The molecule has 2 aromatic rings. The van der Waals surface area contributed by atoms with Crippen LogP contribution in [0.1, 0.15) is 39.4 Å². The molecule has 0 spiro atoms. The zero-order valence-corrected chi connectivity index (χ0v) is 12.2. The highest BCUT2D eigenvalue weighted by Gasteiger charge is 2.19. The third-order valence-corrected chi connectivity index (χ3v) is 3.66. The van der Waals surface area contributed by atoms with E-state index < -0.39 is 17.7 Å². The molecule has 3 heteroatoms. The van der Waals surface area contributed by atoms with Crippen LogP contribution in [0.25, 0.3) is 0 Å². The van der Waals surface area contributed by atoms with Gasteiger partial charge in [0.15, 0.2) is 0 Å². The second kappa shape index (κ2) is 5.33. The SMILES string of the molecule is Cc1cc(C)c(C(N)c2cc(F)c(C)cc2F)c(C)c1. The first-order chi connectivity index (χ1) is 9.31. The van der Waals surface area contributed by atoms with Crippen LogP contribution in [0.3, 0.4) is 0 Å². The largest absolute Gasteiger partial charge is 0.320 e. The fourth-order valence-electron chi connectivity index (χ4n) is 2.74. The van der Waals surface area contributed by atoms with E-state index in [0.717, 1.165) is 22.3 Å². The molecule has 0 radical (unpaired) electrons. The van der Waals surface area contributed by atoms with Crippen molar-refractivity contribution >= 4 is 0 Å². The Kier molecular flexibility index (Phi) is 3.91. The van der Waals surface area contributed by atoms with E-state index in [4.69, 9.17) is 5.73 Å². The average Bonchev–Trinajstić information content (AvgIpc) is 2.32. The molecule has 0 fully saturated rings. The van der Waals surface area contributed by atoms with Crippen molar-refractivity contribution in [1.29, 1.82) is 0 Å². The normalized spacial score (nSPS) is 12.6. The third kappa shape index (κ3) is 2.59. The fraction of sp³-hybridized carbons (Fsp3) is 0.294. The predicted molar refractivity (Wildman–Crippen MR) is 77.8 cm³/mol. The highest BCUT2D eigenvalue weighted by Crippen LogP contribution is 2.29. The number of rotatable bonds is 2. The first kappa shape index (κ1) is 14.7. The van der Waals surface area contributed by atoms with Gasteiger partial charge in [0.05, 0.1) is 6.04 Å². The van der Waals surface area contributed by atoms with Crippen molar-refractivity contribution in [2.24, 2.45) is 5.73 Å². The molecule has 0 amide bonds. The van der Waals surface area contributed by atoms with Crippen LogP contribution < -0.4 is 5.73 Å². The van der Waals surface area contributed by atoms with Gasteiger partial charge in [-0.1, -0.05) is 17.7 Å². The molecule has 20 heavy (non-hydrogen) atoms. The summed E-state index contributed by atoms with van der Waals surface area (Å²) in [5.41, 5.74) is 10.6. The van der Waals surface area contributed by atoms with Gasteiger partial charge in [-0.15, -0.1) is 0 Å². The summed E-state index contributed by atoms with van der Waals surface area (Å²) >= 11 is 0. The van der Waals surface area contributed by atoms with E-state index in [-0.39, 0.29) is 11.1 Å². The minimum Gasteiger partial charge on any atom is -0.320 e. The summed E-state index contributed by atoms with van der Waals surface area (Å²) in [6.45, 7) is 7.42. The van der Waals surface area contributed by atoms with Gasteiger partial charge in [0.25, 0.3) is 0 Å². The van der Waals surface area contributed by atoms with Gasteiger partial charge >= 0.3 is 0 Å².